The Morgan fingerprint density at radius 2 is 1.58 bits per heavy atom. The summed E-state index contributed by atoms with van der Waals surface area (Å²) in [5.74, 6) is -0.725. The molecule has 0 bridgehead atoms. The maximum atomic E-state index is 12.8. The van der Waals surface area contributed by atoms with Crippen molar-refractivity contribution in [2.45, 2.75) is 6.54 Å². The van der Waals surface area contributed by atoms with Crippen LogP contribution in [-0.4, -0.2) is 25.0 Å². The third-order valence-electron chi connectivity index (χ3n) is 3.20. The highest BCUT2D eigenvalue weighted by Gasteiger charge is 2.06. The lowest BCUT2D eigenvalue weighted by atomic mass is 10.2. The van der Waals surface area contributed by atoms with Gasteiger partial charge in [0.25, 0.3) is 5.91 Å². The largest absolute Gasteiger partial charge is 0.350 e. The van der Waals surface area contributed by atoms with E-state index in [9.17, 15) is 14.0 Å². The second-order valence-electron chi connectivity index (χ2n) is 4.96. The van der Waals surface area contributed by atoms with Gasteiger partial charge >= 0.3 is 6.03 Å². The molecule has 5 nitrogen and oxygen atoms in total. The van der Waals surface area contributed by atoms with Crippen LogP contribution in [0, 0.1) is 5.82 Å². The number of rotatable bonds is 6. The summed E-state index contributed by atoms with van der Waals surface area (Å²) < 4.78 is 12.8. The Morgan fingerprint density at radius 1 is 0.917 bits per heavy atom. The lowest BCUT2D eigenvalue weighted by Crippen LogP contribution is -2.40. The van der Waals surface area contributed by atoms with Crippen LogP contribution in [0.3, 0.4) is 0 Å². The molecule has 0 saturated heterocycles. The summed E-state index contributed by atoms with van der Waals surface area (Å²) in [4.78, 5) is 23.4. The van der Waals surface area contributed by atoms with Crippen LogP contribution < -0.4 is 16.0 Å². The third-order valence-corrected chi connectivity index (χ3v) is 3.57. The van der Waals surface area contributed by atoms with E-state index >= 15 is 0 Å². The molecule has 3 N–H and O–H groups in total. The van der Waals surface area contributed by atoms with E-state index in [1.165, 1.54) is 24.3 Å². The first-order valence-corrected chi connectivity index (χ1v) is 7.73. The van der Waals surface area contributed by atoms with E-state index in [-0.39, 0.29) is 25.0 Å². The number of amides is 3. The number of hydrogen-bond donors (Lipinski definition) is 3. The van der Waals surface area contributed by atoms with Crippen molar-refractivity contribution in [2.24, 2.45) is 0 Å². The van der Waals surface area contributed by atoms with Gasteiger partial charge in [0.05, 0.1) is 0 Å². The maximum Gasteiger partial charge on any atom is 0.315 e. The van der Waals surface area contributed by atoms with Crippen molar-refractivity contribution in [3.63, 3.8) is 0 Å². The summed E-state index contributed by atoms with van der Waals surface area (Å²) >= 11 is 5.99. The summed E-state index contributed by atoms with van der Waals surface area (Å²) in [5, 5.41) is 8.52. The Hall–Kier alpha value is -2.60. The minimum atomic E-state index is -0.400. The molecule has 0 aromatic heterocycles. The molecule has 0 aliphatic rings. The Morgan fingerprint density at radius 3 is 2.29 bits per heavy atom. The van der Waals surface area contributed by atoms with Crippen molar-refractivity contribution < 1.29 is 14.0 Å². The molecule has 0 saturated carbocycles. The standard InChI is InChI=1S/C17H17ClFN3O2/c18-15-4-2-1-3-13(15)11-22-17(24)21-10-9-20-16(23)12-5-7-14(19)8-6-12/h1-8H,9-11H2,(H,20,23)(H2,21,22,24). The zero-order valence-corrected chi connectivity index (χ0v) is 13.6. The van der Waals surface area contributed by atoms with Crippen LogP contribution in [0.1, 0.15) is 15.9 Å². The Labute approximate surface area is 144 Å². The summed E-state index contributed by atoms with van der Waals surface area (Å²) in [6.45, 7) is 0.838. The van der Waals surface area contributed by atoms with Crippen molar-refractivity contribution in [3.05, 3.63) is 70.5 Å². The smallest absolute Gasteiger partial charge is 0.315 e. The molecule has 0 aliphatic heterocycles. The van der Waals surface area contributed by atoms with E-state index in [1.54, 1.807) is 6.07 Å². The van der Waals surface area contributed by atoms with E-state index in [1.807, 2.05) is 18.2 Å². The molecule has 126 valence electrons. The van der Waals surface area contributed by atoms with Gasteiger partial charge in [-0.15, -0.1) is 0 Å². The highest BCUT2D eigenvalue weighted by Crippen LogP contribution is 2.14. The van der Waals surface area contributed by atoms with Crippen LogP contribution >= 0.6 is 11.6 Å². The molecule has 3 amide bonds. The average Bonchev–Trinajstić information content (AvgIpc) is 2.58. The Kier molecular flexibility index (Phi) is 6.57. The second-order valence-corrected chi connectivity index (χ2v) is 5.37. The quantitative estimate of drug-likeness (QED) is 0.702. The minimum Gasteiger partial charge on any atom is -0.350 e. The summed E-state index contributed by atoms with van der Waals surface area (Å²) in [5.41, 5.74) is 1.18. The number of carbonyl (C=O) groups is 2. The van der Waals surface area contributed by atoms with E-state index < -0.39 is 5.82 Å². The number of urea groups is 1. The number of halogens is 2. The summed E-state index contributed by atoms with van der Waals surface area (Å²) in [7, 11) is 0. The second kappa shape index (κ2) is 8.88. The maximum absolute atomic E-state index is 12.8. The van der Waals surface area contributed by atoms with Gasteiger partial charge in [0.2, 0.25) is 0 Å². The predicted octanol–water partition coefficient (Wildman–Crippen LogP) is 2.71. The Balaban J connectivity index is 1.65. The fourth-order valence-corrected chi connectivity index (χ4v) is 2.14. The van der Waals surface area contributed by atoms with Gasteiger partial charge in [0.15, 0.2) is 0 Å². The first-order chi connectivity index (χ1) is 11.6. The number of hydrogen-bond acceptors (Lipinski definition) is 2. The molecule has 0 spiro atoms. The molecule has 2 aromatic rings. The van der Waals surface area contributed by atoms with E-state index in [0.29, 0.717) is 17.1 Å². The zero-order chi connectivity index (χ0) is 17.4. The fraction of sp³-hybridized carbons (Fsp3) is 0.176. The molecule has 2 rings (SSSR count). The van der Waals surface area contributed by atoms with Gasteiger partial charge in [-0.3, -0.25) is 4.79 Å². The van der Waals surface area contributed by atoms with Gasteiger partial charge in [0.1, 0.15) is 5.82 Å². The third kappa shape index (κ3) is 5.55. The molecule has 0 heterocycles. The van der Waals surface area contributed by atoms with Crippen molar-refractivity contribution in [1.29, 1.82) is 0 Å². The van der Waals surface area contributed by atoms with Gasteiger partial charge in [-0.1, -0.05) is 29.8 Å². The van der Waals surface area contributed by atoms with Crippen molar-refractivity contribution in [1.82, 2.24) is 16.0 Å². The van der Waals surface area contributed by atoms with Crippen LogP contribution in [0.15, 0.2) is 48.5 Å². The summed E-state index contributed by atoms with van der Waals surface area (Å²) in [6.07, 6.45) is 0. The highest BCUT2D eigenvalue weighted by molar-refractivity contribution is 6.31. The zero-order valence-electron chi connectivity index (χ0n) is 12.8. The van der Waals surface area contributed by atoms with Crippen molar-refractivity contribution in [2.75, 3.05) is 13.1 Å². The SMILES string of the molecule is O=C(NCCNC(=O)c1ccc(F)cc1)NCc1ccccc1Cl. The van der Waals surface area contributed by atoms with Crippen LogP contribution in [0.4, 0.5) is 9.18 Å². The molecule has 0 aliphatic carbocycles. The fourth-order valence-electron chi connectivity index (χ4n) is 1.94. The van der Waals surface area contributed by atoms with Gasteiger partial charge < -0.3 is 16.0 Å². The first kappa shape index (κ1) is 17.7. The molecule has 0 fully saturated rings. The first-order valence-electron chi connectivity index (χ1n) is 7.35. The molecule has 7 heteroatoms. The summed E-state index contributed by atoms with van der Waals surface area (Å²) in [6, 6.07) is 12.1. The van der Waals surface area contributed by atoms with Gasteiger partial charge in [0, 0.05) is 30.2 Å². The normalized spacial score (nSPS) is 10.1. The molecular formula is C17H17ClFN3O2. The van der Waals surface area contributed by atoms with Gasteiger partial charge in [-0.2, -0.15) is 0 Å². The number of benzene rings is 2. The molecule has 0 atom stereocenters. The topological polar surface area (TPSA) is 70.2 Å². The van der Waals surface area contributed by atoms with Crippen molar-refractivity contribution in [3.8, 4) is 0 Å². The highest BCUT2D eigenvalue weighted by atomic mass is 35.5. The Bertz CT molecular complexity index is 707. The van der Waals surface area contributed by atoms with Gasteiger partial charge in [-0.25, -0.2) is 9.18 Å². The predicted molar refractivity (Wildman–Crippen MR) is 90.4 cm³/mol. The van der Waals surface area contributed by atoms with E-state index in [2.05, 4.69) is 16.0 Å². The molecule has 0 unspecified atom stereocenters. The molecule has 24 heavy (non-hydrogen) atoms. The lowest BCUT2D eigenvalue weighted by molar-refractivity contribution is 0.0954. The molecule has 2 aromatic carbocycles. The monoisotopic (exact) mass is 349 g/mol. The van der Waals surface area contributed by atoms with Crippen LogP contribution in [-0.2, 0) is 6.54 Å². The number of carbonyl (C=O) groups excluding carboxylic acids is 2. The van der Waals surface area contributed by atoms with Crippen LogP contribution in [0.25, 0.3) is 0 Å². The molecular weight excluding hydrogens is 333 g/mol. The van der Waals surface area contributed by atoms with Crippen molar-refractivity contribution >= 4 is 23.5 Å². The van der Waals surface area contributed by atoms with E-state index in [4.69, 9.17) is 11.6 Å². The average molecular weight is 350 g/mol. The van der Waals surface area contributed by atoms with E-state index in [0.717, 1.165) is 5.56 Å². The number of nitrogens with one attached hydrogen (secondary N) is 3. The lowest BCUT2D eigenvalue weighted by Gasteiger charge is -2.09. The van der Waals surface area contributed by atoms with Crippen LogP contribution in [0.2, 0.25) is 5.02 Å². The van der Waals surface area contributed by atoms with Gasteiger partial charge in [-0.05, 0) is 35.9 Å². The molecule has 0 radical (unpaired) electrons. The minimum absolute atomic E-state index is 0.260. The van der Waals surface area contributed by atoms with Crippen LogP contribution in [0.5, 0.6) is 0 Å².